The monoisotopic (exact) mass is 225 g/mol. The third-order valence-electron chi connectivity index (χ3n) is 3.36. The molecule has 3 rings (SSSR count). The first-order chi connectivity index (χ1) is 8.08. The minimum Gasteiger partial charge on any atom is -0.350 e. The molecule has 0 amide bonds. The van der Waals surface area contributed by atoms with Crippen molar-refractivity contribution in [1.82, 2.24) is 14.5 Å². The van der Waals surface area contributed by atoms with Gasteiger partial charge in [-0.25, -0.2) is 9.97 Å². The highest BCUT2D eigenvalue weighted by Gasteiger charge is 2.10. The smallest absolute Gasteiger partial charge is 0.126 e. The summed E-state index contributed by atoms with van der Waals surface area (Å²) in [5.74, 6) is 0.838. The fraction of sp³-hybridized carbons (Fsp3) is 0.286. The first kappa shape index (κ1) is 10.3. The summed E-state index contributed by atoms with van der Waals surface area (Å²) in [7, 11) is 2.07. The second kappa shape index (κ2) is 3.29. The number of aryl methyl sites for hydroxylation is 4. The first-order valence-corrected chi connectivity index (χ1v) is 5.77. The summed E-state index contributed by atoms with van der Waals surface area (Å²) >= 11 is 0. The molecule has 0 bridgehead atoms. The largest absolute Gasteiger partial charge is 0.350 e. The highest BCUT2D eigenvalue weighted by molar-refractivity contribution is 6.00. The van der Waals surface area contributed by atoms with Gasteiger partial charge >= 0.3 is 0 Å². The number of fused-ring (bicyclic) bond motifs is 2. The van der Waals surface area contributed by atoms with Crippen LogP contribution in [0.3, 0.4) is 0 Å². The van der Waals surface area contributed by atoms with Gasteiger partial charge in [-0.3, -0.25) is 0 Å². The molecule has 86 valence electrons. The van der Waals surface area contributed by atoms with Crippen LogP contribution in [0.15, 0.2) is 18.3 Å². The van der Waals surface area contributed by atoms with Gasteiger partial charge < -0.3 is 4.57 Å². The molecule has 3 heteroatoms. The van der Waals surface area contributed by atoms with Gasteiger partial charge in [-0.1, -0.05) is 0 Å². The topological polar surface area (TPSA) is 30.7 Å². The van der Waals surface area contributed by atoms with Crippen LogP contribution in [0.2, 0.25) is 0 Å². The molecule has 3 nitrogen and oxygen atoms in total. The molecule has 0 aliphatic carbocycles. The lowest BCUT2D eigenvalue weighted by molar-refractivity contribution is 0.964. The van der Waals surface area contributed by atoms with Gasteiger partial charge in [0.1, 0.15) is 5.82 Å². The molecular formula is C14H15N3. The number of nitrogens with zero attached hydrogens (tertiary/aromatic N) is 3. The van der Waals surface area contributed by atoms with Crippen molar-refractivity contribution >= 4 is 21.8 Å². The average Bonchev–Trinajstić information content (AvgIpc) is 2.59. The summed E-state index contributed by atoms with van der Waals surface area (Å²) in [6.07, 6.45) is 2.09. The van der Waals surface area contributed by atoms with Gasteiger partial charge in [0.25, 0.3) is 0 Å². The van der Waals surface area contributed by atoms with Crippen molar-refractivity contribution in [3.05, 3.63) is 35.4 Å². The van der Waals surface area contributed by atoms with Crippen LogP contribution in [0, 0.1) is 20.8 Å². The molecule has 0 fully saturated rings. The second-order valence-electron chi connectivity index (χ2n) is 4.62. The van der Waals surface area contributed by atoms with Crippen LogP contribution >= 0.6 is 0 Å². The van der Waals surface area contributed by atoms with Crippen molar-refractivity contribution < 1.29 is 0 Å². The Morgan fingerprint density at radius 2 is 1.88 bits per heavy atom. The maximum atomic E-state index is 4.54. The molecule has 2 heterocycles. The average molecular weight is 225 g/mol. The predicted molar refractivity (Wildman–Crippen MR) is 70.2 cm³/mol. The van der Waals surface area contributed by atoms with Crippen molar-refractivity contribution in [2.24, 2.45) is 7.05 Å². The molecule has 0 aliphatic heterocycles. The normalized spacial score (nSPS) is 11.5. The highest BCUT2D eigenvalue weighted by Crippen LogP contribution is 2.28. The van der Waals surface area contributed by atoms with Gasteiger partial charge in [0.15, 0.2) is 0 Å². The number of hydrogen-bond acceptors (Lipinski definition) is 2. The fourth-order valence-electron chi connectivity index (χ4n) is 2.72. The van der Waals surface area contributed by atoms with E-state index in [0.717, 1.165) is 17.0 Å². The standard InChI is InChI=1S/C14H15N3/c1-8-13-9(2)15-10(3)16-12(13)7-11-5-6-17(4)14(8)11/h5-7H,1-4H3. The van der Waals surface area contributed by atoms with Crippen LogP contribution in [0.1, 0.15) is 17.1 Å². The number of rotatable bonds is 0. The predicted octanol–water partition coefficient (Wildman–Crippen LogP) is 3.05. The van der Waals surface area contributed by atoms with Crippen molar-refractivity contribution in [2.75, 3.05) is 0 Å². The Bertz CT molecular complexity index is 738. The van der Waals surface area contributed by atoms with E-state index in [2.05, 4.69) is 53.8 Å². The summed E-state index contributed by atoms with van der Waals surface area (Å²) in [6, 6.07) is 4.29. The van der Waals surface area contributed by atoms with E-state index in [0.29, 0.717) is 0 Å². The van der Waals surface area contributed by atoms with Crippen molar-refractivity contribution in [1.29, 1.82) is 0 Å². The summed E-state index contributed by atoms with van der Waals surface area (Å²) in [6.45, 7) is 6.14. The first-order valence-electron chi connectivity index (χ1n) is 5.77. The number of hydrogen-bond donors (Lipinski definition) is 0. The zero-order chi connectivity index (χ0) is 12.2. The third kappa shape index (κ3) is 1.35. The van der Waals surface area contributed by atoms with Crippen molar-refractivity contribution in [3.63, 3.8) is 0 Å². The Kier molecular flexibility index (Phi) is 1.99. The van der Waals surface area contributed by atoms with E-state index in [1.165, 1.54) is 21.9 Å². The maximum Gasteiger partial charge on any atom is 0.126 e. The fourth-order valence-corrected chi connectivity index (χ4v) is 2.72. The SMILES string of the molecule is Cc1nc(C)c2c(C)c3c(ccn3C)cc2n1. The molecule has 0 unspecified atom stereocenters. The van der Waals surface area contributed by atoms with E-state index in [4.69, 9.17) is 0 Å². The van der Waals surface area contributed by atoms with Gasteiger partial charge in [-0.05, 0) is 38.5 Å². The van der Waals surface area contributed by atoms with E-state index in [1.54, 1.807) is 0 Å². The molecule has 2 aromatic heterocycles. The summed E-state index contributed by atoms with van der Waals surface area (Å²) in [5.41, 5.74) is 4.65. The summed E-state index contributed by atoms with van der Waals surface area (Å²) in [4.78, 5) is 9.00. The molecule has 0 N–H and O–H groups in total. The van der Waals surface area contributed by atoms with Crippen molar-refractivity contribution in [3.8, 4) is 0 Å². The molecule has 0 spiro atoms. The molecule has 1 aromatic carbocycles. The zero-order valence-corrected chi connectivity index (χ0v) is 10.6. The van der Waals surface area contributed by atoms with Crippen LogP contribution in [-0.2, 0) is 7.05 Å². The van der Waals surface area contributed by atoms with Crippen LogP contribution in [0.25, 0.3) is 21.8 Å². The van der Waals surface area contributed by atoms with Crippen LogP contribution in [0.5, 0.6) is 0 Å². The summed E-state index contributed by atoms with van der Waals surface area (Å²) < 4.78 is 2.16. The highest BCUT2D eigenvalue weighted by atomic mass is 14.9. The quantitative estimate of drug-likeness (QED) is 0.588. The Labute approximate surface area is 100 Å². The molecular weight excluding hydrogens is 210 g/mol. The van der Waals surface area contributed by atoms with Crippen LogP contribution in [-0.4, -0.2) is 14.5 Å². The second-order valence-corrected chi connectivity index (χ2v) is 4.62. The lowest BCUT2D eigenvalue weighted by Crippen LogP contribution is -1.97. The lowest BCUT2D eigenvalue weighted by Gasteiger charge is -2.09. The molecule has 0 radical (unpaired) electrons. The van der Waals surface area contributed by atoms with E-state index in [9.17, 15) is 0 Å². The van der Waals surface area contributed by atoms with Gasteiger partial charge in [0.05, 0.1) is 11.0 Å². The van der Waals surface area contributed by atoms with Gasteiger partial charge in [-0.15, -0.1) is 0 Å². The third-order valence-corrected chi connectivity index (χ3v) is 3.36. The molecule has 3 aromatic rings. The molecule has 0 atom stereocenters. The van der Waals surface area contributed by atoms with E-state index in [-0.39, 0.29) is 0 Å². The molecule has 0 saturated carbocycles. The Morgan fingerprint density at radius 1 is 1.12 bits per heavy atom. The molecule has 17 heavy (non-hydrogen) atoms. The van der Waals surface area contributed by atoms with Crippen molar-refractivity contribution in [2.45, 2.75) is 20.8 Å². The molecule has 0 aliphatic rings. The molecule has 0 saturated heterocycles. The zero-order valence-electron chi connectivity index (χ0n) is 10.6. The lowest BCUT2D eigenvalue weighted by atomic mass is 10.0. The van der Waals surface area contributed by atoms with Crippen LogP contribution < -0.4 is 0 Å². The van der Waals surface area contributed by atoms with E-state index >= 15 is 0 Å². The summed E-state index contributed by atoms with van der Waals surface area (Å²) in [5, 5.41) is 2.43. The van der Waals surface area contributed by atoms with Gasteiger partial charge in [-0.2, -0.15) is 0 Å². The van der Waals surface area contributed by atoms with Crippen LogP contribution in [0.4, 0.5) is 0 Å². The number of benzene rings is 1. The van der Waals surface area contributed by atoms with E-state index < -0.39 is 0 Å². The number of aromatic nitrogens is 3. The Balaban J connectivity index is 2.61. The maximum absolute atomic E-state index is 4.54. The Hall–Kier alpha value is -1.90. The van der Waals surface area contributed by atoms with Gasteiger partial charge in [0, 0.05) is 29.7 Å². The minimum atomic E-state index is 0.838. The minimum absolute atomic E-state index is 0.838. The Morgan fingerprint density at radius 3 is 2.65 bits per heavy atom. The van der Waals surface area contributed by atoms with E-state index in [1.807, 2.05) is 6.92 Å². The van der Waals surface area contributed by atoms with Gasteiger partial charge in [0.2, 0.25) is 0 Å².